The molecule has 0 saturated carbocycles. The van der Waals surface area contributed by atoms with Gasteiger partial charge in [-0.25, -0.2) is 4.68 Å². The number of nitrogens with two attached hydrogens (primary N) is 1. The van der Waals surface area contributed by atoms with Crippen LogP contribution in [0, 0.1) is 0 Å². The first-order valence-corrected chi connectivity index (χ1v) is 6.65. The SMILES string of the molecule is CCCCc1ccn(-c2cc(Cl)ccc2CN)n1. The summed E-state index contributed by atoms with van der Waals surface area (Å²) in [6.45, 7) is 2.66. The number of aryl methyl sites for hydroxylation is 1. The zero-order valence-electron chi connectivity index (χ0n) is 10.6. The van der Waals surface area contributed by atoms with E-state index < -0.39 is 0 Å². The second kappa shape index (κ2) is 6.03. The van der Waals surface area contributed by atoms with Gasteiger partial charge in [0.1, 0.15) is 0 Å². The van der Waals surface area contributed by atoms with Crippen molar-refractivity contribution < 1.29 is 0 Å². The molecule has 1 aromatic carbocycles. The zero-order valence-corrected chi connectivity index (χ0v) is 11.3. The summed E-state index contributed by atoms with van der Waals surface area (Å²) in [6, 6.07) is 7.76. The van der Waals surface area contributed by atoms with Crippen molar-refractivity contribution in [2.45, 2.75) is 32.7 Å². The minimum Gasteiger partial charge on any atom is -0.326 e. The molecule has 0 aliphatic rings. The minimum absolute atomic E-state index is 0.483. The van der Waals surface area contributed by atoms with Gasteiger partial charge in [-0.15, -0.1) is 0 Å². The molecule has 0 bridgehead atoms. The summed E-state index contributed by atoms with van der Waals surface area (Å²) in [7, 11) is 0. The number of halogens is 1. The molecule has 18 heavy (non-hydrogen) atoms. The fraction of sp³-hybridized carbons (Fsp3) is 0.357. The Balaban J connectivity index is 2.30. The molecule has 96 valence electrons. The van der Waals surface area contributed by atoms with Gasteiger partial charge < -0.3 is 5.73 Å². The van der Waals surface area contributed by atoms with Crippen LogP contribution in [0.4, 0.5) is 0 Å². The number of hydrogen-bond acceptors (Lipinski definition) is 2. The summed E-state index contributed by atoms with van der Waals surface area (Å²) in [5.41, 5.74) is 8.86. The van der Waals surface area contributed by atoms with Crippen molar-refractivity contribution in [1.29, 1.82) is 0 Å². The van der Waals surface area contributed by atoms with Gasteiger partial charge in [-0.05, 0) is 36.6 Å². The van der Waals surface area contributed by atoms with Crippen molar-refractivity contribution >= 4 is 11.6 Å². The molecule has 0 radical (unpaired) electrons. The van der Waals surface area contributed by atoms with Crippen LogP contribution in [0.25, 0.3) is 5.69 Å². The molecular weight excluding hydrogens is 246 g/mol. The predicted octanol–water partition coefficient (Wildman–Crippen LogP) is 3.33. The van der Waals surface area contributed by atoms with E-state index in [-0.39, 0.29) is 0 Å². The summed E-state index contributed by atoms with van der Waals surface area (Å²) in [6.07, 6.45) is 5.33. The molecule has 3 nitrogen and oxygen atoms in total. The van der Waals surface area contributed by atoms with Gasteiger partial charge in [0, 0.05) is 17.8 Å². The van der Waals surface area contributed by atoms with E-state index in [1.54, 1.807) is 0 Å². The Kier molecular flexibility index (Phi) is 4.39. The maximum Gasteiger partial charge on any atom is 0.0705 e. The van der Waals surface area contributed by atoms with Gasteiger partial charge >= 0.3 is 0 Å². The van der Waals surface area contributed by atoms with E-state index >= 15 is 0 Å². The van der Waals surface area contributed by atoms with Crippen LogP contribution in [-0.2, 0) is 13.0 Å². The molecule has 0 amide bonds. The van der Waals surface area contributed by atoms with Crippen LogP contribution in [0.15, 0.2) is 30.5 Å². The average Bonchev–Trinajstić information content (AvgIpc) is 2.85. The van der Waals surface area contributed by atoms with Gasteiger partial charge in [0.15, 0.2) is 0 Å². The molecular formula is C14H18ClN3. The van der Waals surface area contributed by atoms with E-state index in [0.717, 1.165) is 29.8 Å². The molecule has 0 unspecified atom stereocenters. The van der Waals surface area contributed by atoms with Gasteiger partial charge in [0.05, 0.1) is 11.4 Å². The molecule has 0 fully saturated rings. The summed E-state index contributed by atoms with van der Waals surface area (Å²) in [5.74, 6) is 0. The Morgan fingerprint density at radius 2 is 2.17 bits per heavy atom. The fourth-order valence-electron chi connectivity index (χ4n) is 1.91. The van der Waals surface area contributed by atoms with E-state index in [0.29, 0.717) is 11.6 Å². The number of benzene rings is 1. The van der Waals surface area contributed by atoms with Gasteiger partial charge in [-0.3, -0.25) is 0 Å². The average molecular weight is 264 g/mol. The first kappa shape index (κ1) is 13.1. The highest BCUT2D eigenvalue weighted by molar-refractivity contribution is 6.30. The summed E-state index contributed by atoms with van der Waals surface area (Å²) in [4.78, 5) is 0. The number of hydrogen-bond donors (Lipinski definition) is 1. The molecule has 0 aliphatic heterocycles. The first-order chi connectivity index (χ1) is 8.74. The van der Waals surface area contributed by atoms with Gasteiger partial charge in [-0.1, -0.05) is 31.0 Å². The standard InChI is InChI=1S/C14H18ClN3/c1-2-3-4-13-7-8-18(17-13)14-9-12(15)6-5-11(14)10-16/h5-9H,2-4,10,16H2,1H3. The molecule has 0 aliphatic carbocycles. The summed E-state index contributed by atoms with van der Waals surface area (Å²) < 4.78 is 1.86. The van der Waals surface area contributed by atoms with Crippen molar-refractivity contribution in [2.75, 3.05) is 0 Å². The lowest BCUT2D eigenvalue weighted by molar-refractivity contribution is 0.749. The Labute approximate surface area is 113 Å². The Bertz CT molecular complexity index is 520. The van der Waals surface area contributed by atoms with Gasteiger partial charge in [0.2, 0.25) is 0 Å². The van der Waals surface area contributed by atoms with Crippen molar-refractivity contribution in [3.8, 4) is 5.69 Å². The van der Waals surface area contributed by atoms with Crippen LogP contribution in [0.2, 0.25) is 5.02 Å². The molecule has 0 spiro atoms. The van der Waals surface area contributed by atoms with Crippen LogP contribution in [0.5, 0.6) is 0 Å². The highest BCUT2D eigenvalue weighted by atomic mass is 35.5. The Morgan fingerprint density at radius 3 is 2.89 bits per heavy atom. The van der Waals surface area contributed by atoms with Crippen molar-refractivity contribution in [1.82, 2.24) is 9.78 Å². The lowest BCUT2D eigenvalue weighted by Gasteiger charge is -2.08. The largest absolute Gasteiger partial charge is 0.326 e. The Hall–Kier alpha value is -1.32. The number of nitrogens with zero attached hydrogens (tertiary/aromatic N) is 2. The summed E-state index contributed by atoms with van der Waals surface area (Å²) >= 11 is 6.03. The van der Waals surface area contributed by atoms with E-state index in [9.17, 15) is 0 Å². The third kappa shape index (κ3) is 2.92. The minimum atomic E-state index is 0.483. The van der Waals surface area contributed by atoms with Crippen LogP contribution in [0.3, 0.4) is 0 Å². The summed E-state index contributed by atoms with van der Waals surface area (Å²) in [5, 5.41) is 5.27. The number of aromatic nitrogens is 2. The number of unbranched alkanes of at least 4 members (excludes halogenated alkanes) is 1. The third-order valence-corrected chi connectivity index (χ3v) is 3.18. The first-order valence-electron chi connectivity index (χ1n) is 6.28. The molecule has 1 aromatic heterocycles. The number of rotatable bonds is 5. The van der Waals surface area contributed by atoms with Crippen LogP contribution >= 0.6 is 11.6 Å². The van der Waals surface area contributed by atoms with Crippen LogP contribution < -0.4 is 5.73 Å². The van der Waals surface area contributed by atoms with Crippen molar-refractivity contribution in [3.63, 3.8) is 0 Å². The van der Waals surface area contributed by atoms with E-state index in [4.69, 9.17) is 17.3 Å². The highest BCUT2D eigenvalue weighted by Gasteiger charge is 2.06. The molecule has 4 heteroatoms. The van der Waals surface area contributed by atoms with E-state index in [1.807, 2.05) is 29.1 Å². The maximum absolute atomic E-state index is 6.03. The lowest BCUT2D eigenvalue weighted by atomic mass is 10.2. The van der Waals surface area contributed by atoms with Crippen LogP contribution in [-0.4, -0.2) is 9.78 Å². The van der Waals surface area contributed by atoms with Gasteiger partial charge in [0.25, 0.3) is 0 Å². The Morgan fingerprint density at radius 1 is 1.33 bits per heavy atom. The molecule has 0 saturated heterocycles. The molecule has 0 atom stereocenters. The van der Waals surface area contributed by atoms with Crippen molar-refractivity contribution in [2.24, 2.45) is 5.73 Å². The second-order valence-corrected chi connectivity index (χ2v) is 4.77. The smallest absolute Gasteiger partial charge is 0.0705 e. The topological polar surface area (TPSA) is 43.8 Å². The molecule has 2 aromatic rings. The monoisotopic (exact) mass is 263 g/mol. The zero-order chi connectivity index (χ0) is 13.0. The van der Waals surface area contributed by atoms with Crippen molar-refractivity contribution in [3.05, 3.63) is 46.7 Å². The lowest BCUT2D eigenvalue weighted by Crippen LogP contribution is -2.05. The quantitative estimate of drug-likeness (QED) is 0.899. The molecule has 2 N–H and O–H groups in total. The molecule has 2 rings (SSSR count). The maximum atomic E-state index is 6.03. The predicted molar refractivity (Wildman–Crippen MR) is 75.1 cm³/mol. The highest BCUT2D eigenvalue weighted by Crippen LogP contribution is 2.19. The van der Waals surface area contributed by atoms with Gasteiger partial charge in [-0.2, -0.15) is 5.10 Å². The van der Waals surface area contributed by atoms with Crippen LogP contribution in [0.1, 0.15) is 31.0 Å². The molecule has 1 heterocycles. The van der Waals surface area contributed by atoms with E-state index in [2.05, 4.69) is 18.1 Å². The normalized spacial score (nSPS) is 10.8. The van der Waals surface area contributed by atoms with E-state index in [1.165, 1.54) is 6.42 Å². The second-order valence-electron chi connectivity index (χ2n) is 4.33. The third-order valence-electron chi connectivity index (χ3n) is 2.94. The fourth-order valence-corrected chi connectivity index (χ4v) is 2.08.